The van der Waals surface area contributed by atoms with Gasteiger partial charge in [-0.3, -0.25) is 0 Å². The first-order chi connectivity index (χ1) is 8.77. The van der Waals surface area contributed by atoms with E-state index in [1.54, 1.807) is 6.26 Å². The molecule has 1 aromatic heterocycles. The summed E-state index contributed by atoms with van der Waals surface area (Å²) in [6.07, 6.45) is 1.68. The van der Waals surface area contributed by atoms with Crippen LogP contribution in [-0.4, -0.2) is 6.61 Å². The summed E-state index contributed by atoms with van der Waals surface area (Å²) in [5.41, 5.74) is 4.20. The molecule has 0 fully saturated rings. The van der Waals surface area contributed by atoms with Crippen LogP contribution < -0.4 is 5.48 Å². The Morgan fingerprint density at radius 3 is 2.50 bits per heavy atom. The van der Waals surface area contributed by atoms with Crippen molar-refractivity contribution in [2.45, 2.75) is 19.9 Å². The second kappa shape index (κ2) is 6.38. The quantitative estimate of drug-likeness (QED) is 0.790. The lowest BCUT2D eigenvalue weighted by atomic mass is 10.1. The predicted octanol–water partition coefficient (Wildman–Crippen LogP) is 3.55. The van der Waals surface area contributed by atoms with Crippen LogP contribution >= 0.6 is 0 Å². The molecule has 0 bridgehead atoms. The Bertz CT molecular complexity index is 437. The molecular weight excluding hydrogens is 226 g/mol. The molecule has 0 radical (unpaired) electrons. The Morgan fingerprint density at radius 1 is 1.11 bits per heavy atom. The van der Waals surface area contributed by atoms with E-state index in [0.717, 1.165) is 11.3 Å². The third-order valence-electron chi connectivity index (χ3n) is 2.58. The van der Waals surface area contributed by atoms with E-state index in [9.17, 15) is 0 Å². The number of hydrogen-bond donors (Lipinski definition) is 1. The van der Waals surface area contributed by atoms with Crippen molar-refractivity contribution < 1.29 is 9.25 Å². The standard InChI is InChI=1S/C15H19NO2/c1-12(2)11-18-16-15(14-9-6-10-17-14)13-7-4-3-5-8-13/h3-10,12,15-16H,11H2,1-2H3. The summed E-state index contributed by atoms with van der Waals surface area (Å²) in [7, 11) is 0. The van der Waals surface area contributed by atoms with Crippen molar-refractivity contribution in [1.82, 2.24) is 5.48 Å². The van der Waals surface area contributed by atoms with Crippen LogP contribution in [-0.2, 0) is 4.84 Å². The summed E-state index contributed by atoms with van der Waals surface area (Å²) in [6, 6.07) is 13.9. The monoisotopic (exact) mass is 245 g/mol. The second-order valence-corrected chi connectivity index (χ2v) is 4.68. The topological polar surface area (TPSA) is 34.4 Å². The molecule has 0 saturated carbocycles. The largest absolute Gasteiger partial charge is 0.467 e. The Kier molecular flexibility index (Phi) is 4.56. The molecule has 0 saturated heterocycles. The van der Waals surface area contributed by atoms with Crippen LogP contribution in [0.2, 0.25) is 0 Å². The van der Waals surface area contributed by atoms with E-state index in [4.69, 9.17) is 9.25 Å². The van der Waals surface area contributed by atoms with E-state index in [0.29, 0.717) is 12.5 Å². The highest BCUT2D eigenvalue weighted by Gasteiger charge is 2.16. The van der Waals surface area contributed by atoms with Crippen LogP contribution in [0.3, 0.4) is 0 Å². The van der Waals surface area contributed by atoms with Crippen molar-refractivity contribution in [3.05, 3.63) is 60.1 Å². The first-order valence-corrected chi connectivity index (χ1v) is 6.23. The number of hydrogen-bond acceptors (Lipinski definition) is 3. The number of nitrogens with one attached hydrogen (secondary N) is 1. The number of benzene rings is 1. The van der Waals surface area contributed by atoms with Gasteiger partial charge in [-0.2, -0.15) is 5.48 Å². The summed E-state index contributed by atoms with van der Waals surface area (Å²) in [4.78, 5) is 5.53. The third kappa shape index (κ3) is 3.45. The van der Waals surface area contributed by atoms with Gasteiger partial charge in [-0.1, -0.05) is 44.2 Å². The minimum atomic E-state index is -0.0695. The van der Waals surface area contributed by atoms with Crippen molar-refractivity contribution in [3.8, 4) is 0 Å². The van der Waals surface area contributed by atoms with Gasteiger partial charge in [0.15, 0.2) is 0 Å². The zero-order valence-electron chi connectivity index (χ0n) is 10.8. The maximum absolute atomic E-state index is 5.53. The van der Waals surface area contributed by atoms with Crippen molar-refractivity contribution in [2.75, 3.05) is 6.61 Å². The third-order valence-corrected chi connectivity index (χ3v) is 2.58. The molecule has 3 nitrogen and oxygen atoms in total. The normalized spacial score (nSPS) is 12.8. The average molecular weight is 245 g/mol. The van der Waals surface area contributed by atoms with E-state index >= 15 is 0 Å². The lowest BCUT2D eigenvalue weighted by molar-refractivity contribution is 0.00456. The second-order valence-electron chi connectivity index (χ2n) is 4.68. The van der Waals surface area contributed by atoms with Gasteiger partial charge in [0.25, 0.3) is 0 Å². The molecule has 1 unspecified atom stereocenters. The van der Waals surface area contributed by atoms with Crippen LogP contribution in [0.5, 0.6) is 0 Å². The van der Waals surface area contributed by atoms with Gasteiger partial charge in [0.05, 0.1) is 12.9 Å². The molecule has 96 valence electrons. The number of hydroxylamine groups is 1. The minimum absolute atomic E-state index is 0.0695. The fraction of sp³-hybridized carbons (Fsp3) is 0.333. The van der Waals surface area contributed by atoms with Gasteiger partial charge in [0.2, 0.25) is 0 Å². The van der Waals surface area contributed by atoms with E-state index in [-0.39, 0.29) is 6.04 Å². The molecule has 0 spiro atoms. The van der Waals surface area contributed by atoms with Crippen LogP contribution in [0.25, 0.3) is 0 Å². The highest BCUT2D eigenvalue weighted by atomic mass is 16.6. The van der Waals surface area contributed by atoms with Gasteiger partial charge in [0, 0.05) is 0 Å². The van der Waals surface area contributed by atoms with Crippen LogP contribution in [0.4, 0.5) is 0 Å². The van der Waals surface area contributed by atoms with Gasteiger partial charge in [-0.25, -0.2) is 0 Å². The molecule has 0 aliphatic rings. The Morgan fingerprint density at radius 2 is 1.89 bits per heavy atom. The molecule has 3 heteroatoms. The molecule has 1 atom stereocenters. The summed E-state index contributed by atoms with van der Waals surface area (Å²) < 4.78 is 5.47. The maximum atomic E-state index is 5.53. The summed E-state index contributed by atoms with van der Waals surface area (Å²) >= 11 is 0. The lowest BCUT2D eigenvalue weighted by Crippen LogP contribution is -2.24. The molecule has 0 aliphatic heterocycles. The van der Waals surface area contributed by atoms with Crippen LogP contribution in [0.15, 0.2) is 53.1 Å². The van der Waals surface area contributed by atoms with E-state index in [1.807, 2.05) is 30.3 Å². The van der Waals surface area contributed by atoms with E-state index in [2.05, 4.69) is 31.5 Å². The lowest BCUT2D eigenvalue weighted by Gasteiger charge is -2.17. The number of rotatable bonds is 6. The van der Waals surface area contributed by atoms with Gasteiger partial charge in [-0.15, -0.1) is 0 Å². The molecule has 0 amide bonds. The highest BCUT2D eigenvalue weighted by Crippen LogP contribution is 2.22. The summed E-state index contributed by atoms with van der Waals surface area (Å²) in [5.74, 6) is 1.34. The summed E-state index contributed by atoms with van der Waals surface area (Å²) in [6.45, 7) is 4.90. The molecule has 18 heavy (non-hydrogen) atoms. The van der Waals surface area contributed by atoms with Crippen molar-refractivity contribution in [2.24, 2.45) is 5.92 Å². The van der Waals surface area contributed by atoms with Crippen molar-refractivity contribution >= 4 is 0 Å². The van der Waals surface area contributed by atoms with Crippen LogP contribution in [0, 0.1) is 5.92 Å². The molecule has 2 rings (SSSR count). The molecular formula is C15H19NO2. The molecule has 0 aliphatic carbocycles. The average Bonchev–Trinajstić information content (AvgIpc) is 2.89. The minimum Gasteiger partial charge on any atom is -0.467 e. The Hall–Kier alpha value is -1.58. The van der Waals surface area contributed by atoms with Gasteiger partial charge in [0.1, 0.15) is 11.8 Å². The zero-order chi connectivity index (χ0) is 12.8. The van der Waals surface area contributed by atoms with Gasteiger partial charge in [-0.05, 0) is 23.6 Å². The highest BCUT2D eigenvalue weighted by molar-refractivity contribution is 5.25. The van der Waals surface area contributed by atoms with Gasteiger partial charge < -0.3 is 9.25 Å². The van der Waals surface area contributed by atoms with E-state index in [1.165, 1.54) is 0 Å². The molecule has 1 N–H and O–H groups in total. The fourth-order valence-electron chi connectivity index (χ4n) is 1.69. The van der Waals surface area contributed by atoms with E-state index < -0.39 is 0 Å². The van der Waals surface area contributed by atoms with Gasteiger partial charge >= 0.3 is 0 Å². The molecule has 1 heterocycles. The Balaban J connectivity index is 2.09. The smallest absolute Gasteiger partial charge is 0.127 e. The van der Waals surface area contributed by atoms with Crippen molar-refractivity contribution in [1.29, 1.82) is 0 Å². The summed E-state index contributed by atoms with van der Waals surface area (Å²) in [5, 5.41) is 0. The first-order valence-electron chi connectivity index (χ1n) is 6.23. The first kappa shape index (κ1) is 12.9. The fourth-order valence-corrected chi connectivity index (χ4v) is 1.69. The molecule has 2 aromatic rings. The maximum Gasteiger partial charge on any atom is 0.127 e. The predicted molar refractivity (Wildman–Crippen MR) is 70.9 cm³/mol. The zero-order valence-corrected chi connectivity index (χ0v) is 10.8. The van der Waals surface area contributed by atoms with Crippen molar-refractivity contribution in [3.63, 3.8) is 0 Å². The number of furan rings is 1. The van der Waals surface area contributed by atoms with Crippen LogP contribution in [0.1, 0.15) is 31.2 Å². The SMILES string of the molecule is CC(C)CONC(c1ccccc1)c1ccco1. The molecule has 1 aromatic carbocycles. The Labute approximate surface area is 108 Å².